The highest BCUT2D eigenvalue weighted by Crippen LogP contribution is 2.25. The summed E-state index contributed by atoms with van der Waals surface area (Å²) >= 11 is 0. The number of benzene rings is 1. The highest BCUT2D eigenvalue weighted by Gasteiger charge is 2.40. The lowest BCUT2D eigenvalue weighted by atomic mass is 9.96. The zero-order valence-electron chi connectivity index (χ0n) is 38.2. The number of aromatic hydroxyl groups is 1. The van der Waals surface area contributed by atoms with Crippen LogP contribution in [0.1, 0.15) is 71.8 Å². The maximum atomic E-state index is 14.1. The van der Waals surface area contributed by atoms with Crippen LogP contribution in [0.15, 0.2) is 24.3 Å². The van der Waals surface area contributed by atoms with Crippen LogP contribution in [0, 0.1) is 11.8 Å². The summed E-state index contributed by atoms with van der Waals surface area (Å²) in [6, 6.07) is -6.17. The van der Waals surface area contributed by atoms with E-state index in [2.05, 4.69) is 37.2 Å². The number of nitrogens with two attached hydrogens (primary N) is 3. The van der Waals surface area contributed by atoms with E-state index >= 15 is 0 Å². The van der Waals surface area contributed by atoms with E-state index in [1.54, 1.807) is 13.8 Å². The molecule has 24 nitrogen and oxygen atoms in total. The predicted octanol–water partition coefficient (Wildman–Crippen LogP) is -3.40. The highest BCUT2D eigenvalue weighted by molar-refractivity contribution is 8.76. The minimum absolute atomic E-state index is 0.0502. The predicted molar refractivity (Wildman–Crippen MR) is 248 cm³/mol. The molecule has 0 saturated carbocycles. The molecule has 9 atom stereocenters. The Hall–Kier alpha value is -6.15. The number of primary amides is 2. The van der Waals surface area contributed by atoms with E-state index in [9.17, 15) is 63.0 Å². The number of nitrogens with zero attached hydrogens (tertiary/aromatic N) is 1. The minimum atomic E-state index is -1.82. The number of rotatable bonds is 16. The van der Waals surface area contributed by atoms with E-state index < -0.39 is 132 Å². The van der Waals surface area contributed by atoms with E-state index in [1.807, 2.05) is 13.8 Å². The third-order valence-corrected chi connectivity index (χ3v) is 13.5. The van der Waals surface area contributed by atoms with Crippen LogP contribution in [0.5, 0.6) is 5.75 Å². The Balaban J connectivity index is 2.07. The van der Waals surface area contributed by atoms with Crippen molar-refractivity contribution in [3.63, 3.8) is 0 Å². The third kappa shape index (κ3) is 17.5. The van der Waals surface area contributed by atoms with Gasteiger partial charge < -0.3 is 69.5 Å². The number of carboxylic acids is 1. The lowest BCUT2D eigenvalue weighted by molar-refractivity contribution is -0.142. The average molecular weight is 994 g/mol. The first-order chi connectivity index (χ1) is 32.0. The van der Waals surface area contributed by atoms with Gasteiger partial charge in [0, 0.05) is 24.5 Å². The molecule has 376 valence electrons. The summed E-state index contributed by atoms with van der Waals surface area (Å²) in [5.41, 5.74) is 16.8. The molecule has 1 aromatic rings. The van der Waals surface area contributed by atoms with Crippen LogP contribution >= 0.6 is 21.6 Å². The normalized spacial score (nSPS) is 24.5. The summed E-state index contributed by atoms with van der Waals surface area (Å²) < 4.78 is 0. The molecule has 0 unspecified atom stereocenters. The van der Waals surface area contributed by atoms with Gasteiger partial charge >= 0.3 is 5.97 Å². The Kier molecular flexibility index (Phi) is 22.3. The van der Waals surface area contributed by atoms with E-state index in [0.29, 0.717) is 12.0 Å². The first-order valence-electron chi connectivity index (χ1n) is 22.0. The van der Waals surface area contributed by atoms with Crippen molar-refractivity contribution in [3.8, 4) is 5.75 Å². The number of likely N-dealkylation sites (tertiary alicyclic amines) is 1. The van der Waals surface area contributed by atoms with Gasteiger partial charge in [-0.25, -0.2) is 4.79 Å². The zero-order valence-corrected chi connectivity index (χ0v) is 39.9. The molecule has 0 aromatic heterocycles. The summed E-state index contributed by atoms with van der Waals surface area (Å²) in [6.45, 7) is 6.71. The molecule has 0 radical (unpaired) electrons. The molecule has 1 aromatic carbocycles. The van der Waals surface area contributed by atoms with Gasteiger partial charge in [0.2, 0.25) is 59.1 Å². The van der Waals surface area contributed by atoms with Crippen LogP contribution in [-0.2, 0) is 59.2 Å². The van der Waals surface area contributed by atoms with Gasteiger partial charge in [0.05, 0.1) is 19.4 Å². The molecule has 15 N–H and O–H groups in total. The SMILES string of the molecule is CC[C@H](C)[C@@H]1NC(=O)[C@H](CC(N)=O)NC(=O)[C@H](CC(N)=O)NC(=O)[C@@H](NC(=O)[C@@H]2CCCN2C(=O)[C@H](CC(C)C)NC(=O)CN)CSSC[C@@H](C(=O)O)NC(=O)[C@H](Cc2ccc(O)cc2)NC1=O. The lowest BCUT2D eigenvalue weighted by Gasteiger charge is -2.31. The second-order valence-corrected chi connectivity index (χ2v) is 19.5. The first kappa shape index (κ1) is 56.2. The molecule has 2 aliphatic rings. The van der Waals surface area contributed by atoms with E-state index in [0.717, 1.165) is 21.6 Å². The van der Waals surface area contributed by atoms with E-state index in [-0.39, 0.29) is 61.9 Å². The van der Waals surface area contributed by atoms with Crippen LogP contribution in [-0.4, -0.2) is 153 Å². The topological polar surface area (TPSA) is 394 Å². The van der Waals surface area contributed by atoms with Crippen LogP contribution in [0.3, 0.4) is 0 Å². The molecule has 2 aliphatic heterocycles. The highest BCUT2D eigenvalue weighted by atomic mass is 33.1. The van der Waals surface area contributed by atoms with Crippen molar-refractivity contribution in [2.45, 2.75) is 121 Å². The Morgan fingerprint density at radius 2 is 1.35 bits per heavy atom. The maximum Gasteiger partial charge on any atom is 0.327 e. The molecule has 0 spiro atoms. The van der Waals surface area contributed by atoms with Gasteiger partial charge in [-0.3, -0.25) is 47.9 Å². The number of hydrogen-bond donors (Lipinski definition) is 12. The van der Waals surface area contributed by atoms with Crippen molar-refractivity contribution >= 4 is 86.6 Å². The smallest absolute Gasteiger partial charge is 0.327 e. The van der Waals surface area contributed by atoms with Crippen molar-refractivity contribution < 1.29 is 63.0 Å². The Bertz CT molecular complexity index is 2030. The number of amides is 10. The number of hydrogen-bond acceptors (Lipinski definition) is 15. The number of carbonyl (C=O) groups excluding carboxylic acids is 10. The molecule has 2 fully saturated rings. The molecule has 26 heteroatoms. The second kappa shape index (κ2) is 27.0. The van der Waals surface area contributed by atoms with Crippen molar-refractivity contribution in [1.82, 2.24) is 42.1 Å². The van der Waals surface area contributed by atoms with Gasteiger partial charge in [-0.05, 0) is 48.8 Å². The Labute approximate surface area is 400 Å². The fourth-order valence-corrected chi connectivity index (χ4v) is 9.56. The number of phenols is 1. The van der Waals surface area contributed by atoms with E-state index in [1.165, 1.54) is 29.2 Å². The van der Waals surface area contributed by atoms with Gasteiger partial charge in [0.25, 0.3) is 0 Å². The van der Waals surface area contributed by atoms with Crippen molar-refractivity contribution in [1.29, 1.82) is 0 Å². The average Bonchev–Trinajstić information content (AvgIpc) is 3.77. The summed E-state index contributed by atoms with van der Waals surface area (Å²) in [6.07, 6.45) is -0.841. The van der Waals surface area contributed by atoms with Crippen LogP contribution in [0.25, 0.3) is 0 Å². The van der Waals surface area contributed by atoms with Gasteiger partial charge in [-0.2, -0.15) is 0 Å². The molecule has 10 amide bonds. The minimum Gasteiger partial charge on any atom is -0.508 e. The molecule has 2 saturated heterocycles. The monoisotopic (exact) mass is 993 g/mol. The number of carbonyl (C=O) groups is 11. The number of carboxylic acid groups (broad SMARTS) is 1. The summed E-state index contributed by atoms with van der Waals surface area (Å²) in [5, 5.41) is 37.3. The summed E-state index contributed by atoms with van der Waals surface area (Å²) in [7, 11) is 1.76. The molecular formula is C42H63N11O13S2. The number of phenolic OH excluding ortho intramolecular Hbond substituents is 1. The van der Waals surface area contributed by atoms with Gasteiger partial charge in [-0.1, -0.05) is 67.8 Å². The first-order valence-corrected chi connectivity index (χ1v) is 24.5. The van der Waals surface area contributed by atoms with Gasteiger partial charge in [0.1, 0.15) is 54.1 Å². The molecule has 3 rings (SSSR count). The standard InChI is InChI=1S/C42H63N11O13S2/c1-5-21(4)34-40(63)49-24(14-22-8-10-23(54)11-9-22)35(58)51-29(42(65)66)19-68-67-18-28(38(61)48-25(15-31(44)55)36(59)47-26(16-32(45)56)37(60)52-34)50-39(62)30-7-6-12-53(30)41(64)27(13-20(2)3)46-33(57)17-43/h8-11,20-21,24-30,34,54H,5-7,12-19,43H2,1-4H3,(H2,44,55)(H2,45,56)(H,46,57)(H,47,59)(H,48,61)(H,49,63)(H,50,62)(H,51,58)(H,52,60)(H,65,66)/t21-,24-,25-,26-,27-,28-,29-,30-,34-/m0/s1. The number of nitrogens with one attached hydrogen (secondary N) is 7. The molecule has 2 heterocycles. The molecule has 68 heavy (non-hydrogen) atoms. The fourth-order valence-electron chi connectivity index (χ4n) is 7.24. The van der Waals surface area contributed by atoms with E-state index in [4.69, 9.17) is 17.2 Å². The molecular weight excluding hydrogens is 931 g/mol. The summed E-state index contributed by atoms with van der Waals surface area (Å²) in [5.74, 6) is -12.2. The van der Waals surface area contributed by atoms with Gasteiger partial charge in [-0.15, -0.1) is 0 Å². The molecule has 0 aliphatic carbocycles. The van der Waals surface area contributed by atoms with Crippen LogP contribution in [0.2, 0.25) is 0 Å². The fraction of sp³-hybridized carbons (Fsp3) is 0.595. The van der Waals surface area contributed by atoms with Crippen molar-refractivity contribution in [3.05, 3.63) is 29.8 Å². The molecule has 0 bridgehead atoms. The van der Waals surface area contributed by atoms with Gasteiger partial charge in [0.15, 0.2) is 0 Å². The third-order valence-electron chi connectivity index (χ3n) is 11.0. The van der Waals surface area contributed by atoms with Crippen molar-refractivity contribution in [2.24, 2.45) is 29.0 Å². The largest absolute Gasteiger partial charge is 0.508 e. The van der Waals surface area contributed by atoms with Crippen LogP contribution in [0.4, 0.5) is 0 Å². The second-order valence-electron chi connectivity index (χ2n) is 16.9. The van der Waals surface area contributed by atoms with Crippen molar-refractivity contribution in [2.75, 3.05) is 24.6 Å². The number of aliphatic carboxylic acids is 1. The zero-order chi connectivity index (χ0) is 50.8. The lowest BCUT2D eigenvalue weighted by Crippen LogP contribution is -2.62. The Morgan fingerprint density at radius 3 is 1.91 bits per heavy atom. The summed E-state index contributed by atoms with van der Waals surface area (Å²) in [4.78, 5) is 148. The Morgan fingerprint density at radius 1 is 0.794 bits per heavy atom. The maximum absolute atomic E-state index is 14.1. The quantitative estimate of drug-likeness (QED) is 0.0719. The van der Waals surface area contributed by atoms with Crippen LogP contribution < -0.4 is 54.4 Å².